The maximum Gasteiger partial charge on any atom is 0.268 e. The first kappa shape index (κ1) is 17.0. The molecule has 0 bridgehead atoms. The van der Waals surface area contributed by atoms with Crippen LogP contribution in [0.5, 0.6) is 0 Å². The molecule has 2 aromatic carbocycles. The molecule has 0 fully saturated rings. The number of aliphatic hydroxyl groups is 1. The van der Waals surface area contributed by atoms with Crippen molar-refractivity contribution < 1.29 is 23.1 Å². The summed E-state index contributed by atoms with van der Waals surface area (Å²) in [5.41, 5.74) is 0.734. The van der Waals surface area contributed by atoms with Crippen molar-refractivity contribution in [3.05, 3.63) is 71.2 Å². The second-order valence-electron chi connectivity index (χ2n) is 5.76. The minimum atomic E-state index is -1.24. The van der Waals surface area contributed by atoms with Crippen molar-refractivity contribution in [1.29, 1.82) is 0 Å². The molecule has 4 nitrogen and oxygen atoms in total. The van der Waals surface area contributed by atoms with Gasteiger partial charge in [-0.2, -0.15) is 0 Å². The van der Waals surface area contributed by atoms with Gasteiger partial charge in [0.2, 0.25) is 0 Å². The van der Waals surface area contributed by atoms with Gasteiger partial charge in [0.1, 0.15) is 11.5 Å². The van der Waals surface area contributed by atoms with Crippen LogP contribution in [-0.4, -0.2) is 22.0 Å². The number of hydrogen-bond donors (Lipinski definition) is 3. The number of aliphatic hydroxyl groups excluding tert-OH is 1. The van der Waals surface area contributed by atoms with Gasteiger partial charge >= 0.3 is 0 Å². The highest BCUT2D eigenvalue weighted by Gasteiger charge is 2.21. The van der Waals surface area contributed by atoms with E-state index in [1.54, 1.807) is 6.07 Å². The third-order valence-electron chi connectivity index (χ3n) is 3.97. The van der Waals surface area contributed by atoms with Gasteiger partial charge in [-0.25, -0.2) is 13.2 Å². The summed E-state index contributed by atoms with van der Waals surface area (Å²) in [7, 11) is 0. The van der Waals surface area contributed by atoms with Crippen molar-refractivity contribution in [3.63, 3.8) is 0 Å². The lowest BCUT2D eigenvalue weighted by atomic mass is 10.0. The van der Waals surface area contributed by atoms with E-state index in [1.807, 2.05) is 0 Å². The van der Waals surface area contributed by atoms with Crippen molar-refractivity contribution in [1.82, 2.24) is 10.3 Å². The van der Waals surface area contributed by atoms with Gasteiger partial charge in [0.25, 0.3) is 5.91 Å². The molecule has 25 heavy (non-hydrogen) atoms. The molecule has 130 valence electrons. The summed E-state index contributed by atoms with van der Waals surface area (Å²) in [6, 6.07) is 8.05. The van der Waals surface area contributed by atoms with Gasteiger partial charge < -0.3 is 15.4 Å². The predicted octanol–water partition coefficient (Wildman–Crippen LogP) is 3.44. The lowest BCUT2D eigenvalue weighted by Crippen LogP contribution is -2.37. The minimum Gasteiger partial charge on any atom is -0.386 e. The number of benzene rings is 2. The van der Waals surface area contributed by atoms with Gasteiger partial charge in [-0.05, 0) is 42.8 Å². The van der Waals surface area contributed by atoms with Gasteiger partial charge in [-0.3, -0.25) is 4.79 Å². The van der Waals surface area contributed by atoms with Gasteiger partial charge in [0, 0.05) is 10.9 Å². The zero-order valence-electron chi connectivity index (χ0n) is 13.2. The van der Waals surface area contributed by atoms with Crippen LogP contribution in [0.3, 0.4) is 0 Å². The summed E-state index contributed by atoms with van der Waals surface area (Å²) in [5, 5.41) is 13.0. The Balaban J connectivity index is 1.76. The Morgan fingerprint density at radius 1 is 1.08 bits per heavy atom. The number of H-pyrrole nitrogens is 1. The molecule has 0 aliphatic heterocycles. The van der Waals surface area contributed by atoms with Crippen molar-refractivity contribution in [2.45, 2.75) is 19.1 Å². The molecule has 3 rings (SSSR count). The fourth-order valence-corrected chi connectivity index (χ4v) is 2.59. The van der Waals surface area contributed by atoms with Gasteiger partial charge in [0.15, 0.2) is 11.6 Å². The number of fused-ring (bicyclic) bond motifs is 1. The quantitative estimate of drug-likeness (QED) is 0.676. The average Bonchev–Trinajstić information content (AvgIpc) is 3.02. The molecule has 2 atom stereocenters. The molecule has 0 aliphatic carbocycles. The molecule has 3 aromatic rings. The molecule has 0 saturated heterocycles. The summed E-state index contributed by atoms with van der Waals surface area (Å²) >= 11 is 0. The van der Waals surface area contributed by atoms with Crippen LogP contribution in [0.2, 0.25) is 0 Å². The molecule has 2 unspecified atom stereocenters. The zero-order valence-corrected chi connectivity index (χ0v) is 13.2. The monoisotopic (exact) mass is 348 g/mol. The Morgan fingerprint density at radius 3 is 2.52 bits per heavy atom. The topological polar surface area (TPSA) is 65.1 Å². The second kappa shape index (κ2) is 6.60. The molecule has 1 aromatic heterocycles. The van der Waals surface area contributed by atoms with E-state index in [0.717, 1.165) is 12.1 Å². The van der Waals surface area contributed by atoms with Gasteiger partial charge in [-0.15, -0.1) is 0 Å². The maximum atomic E-state index is 13.7. The molecular weight excluding hydrogens is 333 g/mol. The van der Waals surface area contributed by atoms with Gasteiger partial charge in [0.05, 0.1) is 12.1 Å². The minimum absolute atomic E-state index is 0.129. The Morgan fingerprint density at radius 2 is 1.84 bits per heavy atom. The molecule has 1 amide bonds. The molecule has 0 saturated carbocycles. The zero-order chi connectivity index (χ0) is 18.1. The van der Waals surface area contributed by atoms with Crippen LogP contribution >= 0.6 is 0 Å². The molecule has 3 N–H and O–H groups in total. The number of aromatic amines is 1. The first-order valence-electron chi connectivity index (χ1n) is 7.58. The summed E-state index contributed by atoms with van der Waals surface area (Å²) in [6.07, 6.45) is -1.24. The van der Waals surface area contributed by atoms with Crippen molar-refractivity contribution in [2.24, 2.45) is 0 Å². The second-order valence-corrected chi connectivity index (χ2v) is 5.76. The highest BCUT2D eigenvalue weighted by atomic mass is 19.2. The lowest BCUT2D eigenvalue weighted by molar-refractivity contribution is 0.0847. The first-order chi connectivity index (χ1) is 11.9. The third-order valence-corrected chi connectivity index (χ3v) is 3.97. The standard InChI is InChI=1S/C18H15F3N2O2/c1-9(17(24)10-5-6-13(20)14(21)7-10)22-18(25)16-8-11-12(19)3-2-4-15(11)23-16/h2-9,17,23-24H,1H3,(H,22,25). The Bertz CT molecular complexity index is 939. The molecule has 0 aliphatic rings. The number of hydrogen-bond acceptors (Lipinski definition) is 2. The number of nitrogens with one attached hydrogen (secondary N) is 2. The highest BCUT2D eigenvalue weighted by molar-refractivity contribution is 5.98. The van der Waals surface area contributed by atoms with E-state index in [4.69, 9.17) is 0 Å². The molecule has 7 heteroatoms. The van der Waals surface area contributed by atoms with E-state index in [-0.39, 0.29) is 16.6 Å². The maximum absolute atomic E-state index is 13.7. The lowest BCUT2D eigenvalue weighted by Gasteiger charge is -2.20. The smallest absolute Gasteiger partial charge is 0.268 e. The summed E-state index contributed by atoms with van der Waals surface area (Å²) in [6.45, 7) is 1.52. The largest absolute Gasteiger partial charge is 0.386 e. The van der Waals surface area contributed by atoms with E-state index in [2.05, 4.69) is 10.3 Å². The Hall–Kier alpha value is -2.80. The molecule has 0 spiro atoms. The number of aromatic nitrogens is 1. The normalized spacial score (nSPS) is 13.6. The first-order valence-corrected chi connectivity index (χ1v) is 7.58. The van der Waals surface area contributed by atoms with Crippen molar-refractivity contribution in [3.8, 4) is 0 Å². The van der Waals surface area contributed by atoms with E-state index in [0.29, 0.717) is 5.52 Å². The van der Waals surface area contributed by atoms with Crippen LogP contribution in [0, 0.1) is 17.5 Å². The van der Waals surface area contributed by atoms with Crippen LogP contribution < -0.4 is 5.32 Å². The fourth-order valence-electron chi connectivity index (χ4n) is 2.59. The number of amides is 1. The highest BCUT2D eigenvalue weighted by Crippen LogP contribution is 2.21. The molecule has 0 radical (unpaired) electrons. The summed E-state index contributed by atoms with van der Waals surface area (Å²) < 4.78 is 39.9. The number of rotatable bonds is 4. The van der Waals surface area contributed by atoms with E-state index in [9.17, 15) is 23.1 Å². The van der Waals surface area contributed by atoms with Crippen LogP contribution in [0.1, 0.15) is 29.1 Å². The fraction of sp³-hybridized carbons (Fsp3) is 0.167. The van der Waals surface area contributed by atoms with Crippen LogP contribution in [0.4, 0.5) is 13.2 Å². The predicted molar refractivity (Wildman–Crippen MR) is 86.5 cm³/mol. The third kappa shape index (κ3) is 3.36. The SMILES string of the molecule is CC(NC(=O)c1cc2c(F)cccc2[nH]1)C(O)c1ccc(F)c(F)c1. The Labute approximate surface area is 141 Å². The van der Waals surface area contributed by atoms with Crippen LogP contribution in [0.25, 0.3) is 10.9 Å². The van der Waals surface area contributed by atoms with Crippen molar-refractivity contribution in [2.75, 3.05) is 0 Å². The van der Waals surface area contributed by atoms with E-state index >= 15 is 0 Å². The van der Waals surface area contributed by atoms with Crippen molar-refractivity contribution >= 4 is 16.8 Å². The Kier molecular flexibility index (Phi) is 4.50. The molecule has 1 heterocycles. The van der Waals surface area contributed by atoms with Crippen LogP contribution in [0.15, 0.2) is 42.5 Å². The summed E-state index contributed by atoms with van der Waals surface area (Å²) in [4.78, 5) is 15.1. The number of halogens is 3. The average molecular weight is 348 g/mol. The number of carbonyl (C=O) groups excluding carboxylic acids is 1. The molecular formula is C18H15F3N2O2. The van der Waals surface area contributed by atoms with Crippen LogP contribution in [-0.2, 0) is 0 Å². The number of carbonyl (C=O) groups is 1. The van der Waals surface area contributed by atoms with E-state index in [1.165, 1.54) is 31.2 Å². The van der Waals surface area contributed by atoms with E-state index < -0.39 is 35.5 Å². The van der Waals surface area contributed by atoms with Gasteiger partial charge in [-0.1, -0.05) is 12.1 Å². The summed E-state index contributed by atoms with van der Waals surface area (Å²) in [5.74, 6) is -3.11.